The molecule has 0 saturated heterocycles. The predicted molar refractivity (Wildman–Crippen MR) is 76.9 cm³/mol. The molecule has 0 aromatic heterocycles. The molecule has 1 N–H and O–H groups in total. The maximum absolute atomic E-state index is 13.9. The number of nitrogens with one attached hydrogen (secondary N) is 1. The molecule has 0 radical (unpaired) electrons. The summed E-state index contributed by atoms with van der Waals surface area (Å²) >= 11 is 5.94. The molecule has 1 aliphatic rings. The van der Waals surface area contributed by atoms with Crippen LogP contribution in [0.5, 0.6) is 5.75 Å². The van der Waals surface area contributed by atoms with Gasteiger partial charge in [-0.05, 0) is 30.9 Å². The third kappa shape index (κ3) is 3.23. The van der Waals surface area contributed by atoms with Crippen LogP contribution in [0.3, 0.4) is 0 Å². The molecule has 3 nitrogen and oxygen atoms in total. The molecule has 1 aromatic carbocycles. The van der Waals surface area contributed by atoms with Gasteiger partial charge in [-0.1, -0.05) is 18.9 Å². The van der Waals surface area contributed by atoms with Crippen molar-refractivity contribution in [2.24, 2.45) is 5.92 Å². The molecule has 1 amide bonds. The number of benzene rings is 1. The maximum atomic E-state index is 13.9. The van der Waals surface area contributed by atoms with E-state index in [1.165, 1.54) is 19.2 Å². The van der Waals surface area contributed by atoms with Crippen molar-refractivity contribution in [2.45, 2.75) is 31.7 Å². The van der Waals surface area contributed by atoms with Crippen LogP contribution < -0.4 is 10.1 Å². The van der Waals surface area contributed by atoms with Crippen LogP contribution in [0.25, 0.3) is 0 Å². The van der Waals surface area contributed by atoms with E-state index in [0.29, 0.717) is 5.88 Å². The van der Waals surface area contributed by atoms with Crippen molar-refractivity contribution >= 4 is 17.5 Å². The summed E-state index contributed by atoms with van der Waals surface area (Å²) in [6.07, 6.45) is 4.09. The number of amides is 1. The zero-order chi connectivity index (χ0) is 14.5. The smallest absolute Gasteiger partial charge is 0.258 e. The molecule has 1 fully saturated rings. The van der Waals surface area contributed by atoms with E-state index >= 15 is 0 Å². The summed E-state index contributed by atoms with van der Waals surface area (Å²) < 4.78 is 18.9. The highest BCUT2D eigenvalue weighted by Crippen LogP contribution is 2.27. The van der Waals surface area contributed by atoms with Crippen LogP contribution in [-0.4, -0.2) is 24.9 Å². The van der Waals surface area contributed by atoms with Crippen LogP contribution in [0, 0.1) is 11.7 Å². The van der Waals surface area contributed by atoms with E-state index in [4.69, 9.17) is 16.3 Å². The number of halogens is 2. The number of hydrogen-bond acceptors (Lipinski definition) is 2. The first kappa shape index (κ1) is 15.1. The van der Waals surface area contributed by atoms with Crippen LogP contribution in [0.15, 0.2) is 18.2 Å². The fraction of sp³-hybridized carbons (Fsp3) is 0.533. The largest absolute Gasteiger partial charge is 0.496 e. The molecule has 0 spiro atoms. The second-order valence-corrected chi connectivity index (χ2v) is 5.40. The van der Waals surface area contributed by atoms with Gasteiger partial charge in [0.15, 0.2) is 0 Å². The number of rotatable bonds is 4. The van der Waals surface area contributed by atoms with Gasteiger partial charge in [0.2, 0.25) is 0 Å². The predicted octanol–water partition coefficient (Wildman–Crippen LogP) is 3.36. The van der Waals surface area contributed by atoms with Crippen molar-refractivity contribution in [1.82, 2.24) is 5.32 Å². The van der Waals surface area contributed by atoms with Gasteiger partial charge in [0.05, 0.1) is 7.11 Å². The van der Waals surface area contributed by atoms with Gasteiger partial charge in [0, 0.05) is 11.9 Å². The molecule has 1 saturated carbocycles. The highest BCUT2D eigenvalue weighted by molar-refractivity contribution is 6.18. The Morgan fingerprint density at radius 1 is 1.45 bits per heavy atom. The quantitative estimate of drug-likeness (QED) is 0.866. The van der Waals surface area contributed by atoms with E-state index in [9.17, 15) is 9.18 Å². The van der Waals surface area contributed by atoms with E-state index < -0.39 is 11.7 Å². The van der Waals surface area contributed by atoms with Crippen molar-refractivity contribution in [2.75, 3.05) is 13.0 Å². The molecule has 110 valence electrons. The molecule has 5 heteroatoms. The molecule has 0 heterocycles. The first-order valence-electron chi connectivity index (χ1n) is 6.86. The molecule has 2 atom stereocenters. The van der Waals surface area contributed by atoms with Crippen molar-refractivity contribution in [3.05, 3.63) is 29.6 Å². The van der Waals surface area contributed by atoms with Crippen LogP contribution in [0.2, 0.25) is 0 Å². The second-order valence-electron chi connectivity index (χ2n) is 5.10. The van der Waals surface area contributed by atoms with Gasteiger partial charge in [-0.25, -0.2) is 4.39 Å². The molecule has 0 aliphatic heterocycles. The Labute approximate surface area is 123 Å². The number of methoxy groups -OCH3 is 1. The Bertz CT molecular complexity index is 481. The van der Waals surface area contributed by atoms with Gasteiger partial charge in [-0.15, -0.1) is 11.6 Å². The molecule has 2 unspecified atom stereocenters. The Kier molecular flexibility index (Phi) is 5.24. The SMILES string of the molecule is COc1cccc(F)c1C(=O)NC1CCCCC1CCl. The monoisotopic (exact) mass is 299 g/mol. The lowest BCUT2D eigenvalue weighted by atomic mass is 9.85. The first-order valence-corrected chi connectivity index (χ1v) is 7.40. The minimum Gasteiger partial charge on any atom is -0.496 e. The Morgan fingerprint density at radius 3 is 2.90 bits per heavy atom. The van der Waals surface area contributed by atoms with Crippen molar-refractivity contribution in [3.8, 4) is 5.75 Å². The summed E-state index contributed by atoms with van der Waals surface area (Å²) in [5.41, 5.74) is -0.0334. The molecule has 0 bridgehead atoms. The third-order valence-electron chi connectivity index (χ3n) is 3.85. The average Bonchev–Trinajstić information content (AvgIpc) is 2.47. The van der Waals surface area contributed by atoms with E-state index in [-0.39, 0.29) is 23.3 Å². The van der Waals surface area contributed by atoms with Crippen LogP contribution >= 0.6 is 11.6 Å². The van der Waals surface area contributed by atoms with Crippen LogP contribution in [0.1, 0.15) is 36.0 Å². The zero-order valence-corrected chi connectivity index (χ0v) is 12.3. The summed E-state index contributed by atoms with van der Waals surface area (Å²) in [4.78, 5) is 12.3. The van der Waals surface area contributed by atoms with Gasteiger partial charge in [0.25, 0.3) is 5.91 Å². The average molecular weight is 300 g/mol. The summed E-state index contributed by atoms with van der Waals surface area (Å²) in [5, 5.41) is 2.91. The number of ether oxygens (including phenoxy) is 1. The van der Waals surface area contributed by atoms with Gasteiger partial charge in [-0.2, -0.15) is 0 Å². The second kappa shape index (κ2) is 6.93. The standard InChI is InChI=1S/C15H19ClFNO2/c1-20-13-8-4-6-11(17)14(13)15(19)18-12-7-3-2-5-10(12)9-16/h4,6,8,10,12H,2-3,5,7,9H2,1H3,(H,18,19). The lowest BCUT2D eigenvalue weighted by molar-refractivity contribution is 0.0903. The lowest BCUT2D eigenvalue weighted by Gasteiger charge is -2.31. The first-order chi connectivity index (χ1) is 9.67. The van der Waals surface area contributed by atoms with Crippen molar-refractivity contribution in [3.63, 3.8) is 0 Å². The Balaban J connectivity index is 2.15. The van der Waals surface area contributed by atoms with Gasteiger partial charge in [-0.3, -0.25) is 4.79 Å². The minimum absolute atomic E-state index is 0.0121. The zero-order valence-electron chi connectivity index (χ0n) is 11.5. The highest BCUT2D eigenvalue weighted by Gasteiger charge is 2.28. The Hall–Kier alpha value is -1.29. The molecule has 20 heavy (non-hydrogen) atoms. The fourth-order valence-electron chi connectivity index (χ4n) is 2.72. The van der Waals surface area contributed by atoms with Crippen LogP contribution in [0.4, 0.5) is 4.39 Å². The molecule has 2 rings (SSSR count). The number of alkyl halides is 1. The number of hydrogen-bond donors (Lipinski definition) is 1. The van der Waals surface area contributed by atoms with E-state index in [1.807, 2.05) is 0 Å². The fourth-order valence-corrected chi connectivity index (χ4v) is 3.09. The van der Waals surface area contributed by atoms with Crippen LogP contribution in [-0.2, 0) is 0 Å². The highest BCUT2D eigenvalue weighted by atomic mass is 35.5. The van der Waals surface area contributed by atoms with E-state index in [1.54, 1.807) is 6.07 Å². The van der Waals surface area contributed by atoms with Crippen molar-refractivity contribution < 1.29 is 13.9 Å². The number of carbonyl (C=O) groups is 1. The topological polar surface area (TPSA) is 38.3 Å². The minimum atomic E-state index is -0.569. The molecular weight excluding hydrogens is 281 g/mol. The molecular formula is C15H19ClFNO2. The summed E-state index contributed by atoms with van der Waals surface area (Å²) in [5.74, 6) is 0.0224. The number of carbonyl (C=O) groups excluding carboxylic acids is 1. The summed E-state index contributed by atoms with van der Waals surface area (Å²) in [6.45, 7) is 0. The molecule has 1 aliphatic carbocycles. The van der Waals surface area contributed by atoms with E-state index in [0.717, 1.165) is 25.7 Å². The maximum Gasteiger partial charge on any atom is 0.258 e. The normalized spacial score (nSPS) is 22.4. The Morgan fingerprint density at radius 2 is 2.20 bits per heavy atom. The van der Waals surface area contributed by atoms with Gasteiger partial charge in [0.1, 0.15) is 17.1 Å². The summed E-state index contributed by atoms with van der Waals surface area (Å²) in [6, 6.07) is 4.38. The summed E-state index contributed by atoms with van der Waals surface area (Å²) in [7, 11) is 1.42. The lowest BCUT2D eigenvalue weighted by Crippen LogP contribution is -2.43. The molecule has 1 aromatic rings. The van der Waals surface area contributed by atoms with Crippen molar-refractivity contribution in [1.29, 1.82) is 0 Å². The third-order valence-corrected chi connectivity index (χ3v) is 4.24. The van der Waals surface area contributed by atoms with Gasteiger partial charge < -0.3 is 10.1 Å². The van der Waals surface area contributed by atoms with E-state index in [2.05, 4.69) is 5.32 Å². The van der Waals surface area contributed by atoms with Gasteiger partial charge >= 0.3 is 0 Å².